The van der Waals surface area contributed by atoms with Gasteiger partial charge < -0.3 is 0 Å². The fourth-order valence-electron chi connectivity index (χ4n) is 4.05. The predicted octanol–water partition coefficient (Wildman–Crippen LogP) is 2.32. The van der Waals surface area contributed by atoms with E-state index in [-0.39, 0.29) is 28.1 Å². The van der Waals surface area contributed by atoms with E-state index in [0.717, 1.165) is 0 Å². The minimum atomic E-state index is -3.37. The van der Waals surface area contributed by atoms with Crippen LogP contribution >= 0.6 is 0 Å². The van der Waals surface area contributed by atoms with Crippen LogP contribution in [0.25, 0.3) is 0 Å². The van der Waals surface area contributed by atoms with Crippen LogP contribution in [0.5, 0.6) is 0 Å². The number of hydrogen-bond acceptors (Lipinski definition) is 4. The molecule has 1 aromatic heterocycles. The van der Waals surface area contributed by atoms with Gasteiger partial charge in [0.25, 0.3) is 5.56 Å². The number of rotatable bonds is 2. The van der Waals surface area contributed by atoms with Crippen molar-refractivity contribution in [2.45, 2.75) is 51.3 Å². The number of ketones is 1. The lowest BCUT2D eigenvalue weighted by Crippen LogP contribution is -2.33. The van der Waals surface area contributed by atoms with Crippen molar-refractivity contribution in [3.8, 4) is 0 Å². The number of aromatic nitrogens is 2. The van der Waals surface area contributed by atoms with Crippen molar-refractivity contribution >= 4 is 15.6 Å². The predicted molar refractivity (Wildman–Crippen MR) is 99.8 cm³/mol. The molecule has 0 spiro atoms. The summed E-state index contributed by atoms with van der Waals surface area (Å²) in [5, 5.41) is 2.84. The van der Waals surface area contributed by atoms with Gasteiger partial charge in [-0.3, -0.25) is 19.4 Å². The van der Waals surface area contributed by atoms with Crippen LogP contribution in [0.1, 0.15) is 58.6 Å². The molecular weight excluding hydrogens is 352 g/mol. The number of nitrogens with one attached hydrogen (secondary N) is 1. The first-order valence-corrected chi connectivity index (χ1v) is 10.2. The van der Waals surface area contributed by atoms with Crippen LogP contribution in [0, 0.1) is 20.8 Å². The van der Waals surface area contributed by atoms with E-state index in [1.165, 1.54) is 4.68 Å². The molecule has 2 aromatic rings. The number of aryl methyl sites for hydroxylation is 3. The van der Waals surface area contributed by atoms with Crippen molar-refractivity contribution in [2.24, 2.45) is 7.05 Å². The van der Waals surface area contributed by atoms with Gasteiger partial charge in [0.05, 0.1) is 10.6 Å². The molecule has 1 aliphatic heterocycles. The van der Waals surface area contributed by atoms with Gasteiger partial charge in [0.1, 0.15) is 5.56 Å². The normalized spacial score (nSPS) is 17.8. The minimum Gasteiger partial charge on any atom is -0.299 e. The molecule has 1 aliphatic rings. The van der Waals surface area contributed by atoms with Crippen molar-refractivity contribution in [3.05, 3.63) is 49.9 Å². The molecule has 0 radical (unpaired) electrons. The maximum atomic E-state index is 13.1. The number of carbonyl (C=O) groups is 1. The number of H-pyrrole nitrogens is 1. The molecule has 0 bridgehead atoms. The molecule has 0 fully saturated rings. The Balaban J connectivity index is 2.35. The maximum Gasteiger partial charge on any atom is 0.277 e. The highest BCUT2D eigenvalue weighted by Crippen LogP contribution is 2.43. The summed E-state index contributed by atoms with van der Waals surface area (Å²) in [5.74, 6) is -0.260. The standard InChI is InChI=1S/C19H24N2O4S/c1-10-9-13(16(22)14-12(3)20-21(6)18(14)23)11(2)15-17(10)26(24,25)8-7-19(15,4)5/h9,20H,7-8H2,1-6H3. The Morgan fingerprint density at radius 1 is 1.23 bits per heavy atom. The fraction of sp³-hybridized carbons (Fsp3) is 0.474. The van der Waals surface area contributed by atoms with Crippen molar-refractivity contribution in [1.82, 2.24) is 9.78 Å². The summed E-state index contributed by atoms with van der Waals surface area (Å²) < 4.78 is 26.6. The molecule has 1 N–H and O–H groups in total. The lowest BCUT2D eigenvalue weighted by Gasteiger charge is -2.35. The SMILES string of the molecule is Cc1cc(C(=O)c2c(C)[nH]n(C)c2=O)c(C)c2c1S(=O)(=O)CCC2(C)C. The number of sulfone groups is 1. The Morgan fingerprint density at radius 2 is 1.85 bits per heavy atom. The number of carbonyl (C=O) groups excluding carboxylic acids is 1. The van der Waals surface area contributed by atoms with Crippen molar-refractivity contribution in [1.29, 1.82) is 0 Å². The van der Waals surface area contributed by atoms with E-state index >= 15 is 0 Å². The first kappa shape index (κ1) is 18.6. The monoisotopic (exact) mass is 376 g/mol. The van der Waals surface area contributed by atoms with Gasteiger partial charge in [-0.15, -0.1) is 0 Å². The number of hydrogen-bond donors (Lipinski definition) is 1. The Bertz CT molecular complexity index is 1100. The zero-order valence-corrected chi connectivity index (χ0v) is 16.8. The number of benzene rings is 1. The molecule has 0 aliphatic carbocycles. The lowest BCUT2D eigenvalue weighted by atomic mass is 9.76. The molecule has 2 heterocycles. The van der Waals surface area contributed by atoms with Crippen LogP contribution in [0.15, 0.2) is 15.8 Å². The molecule has 7 heteroatoms. The zero-order valence-electron chi connectivity index (χ0n) is 16.0. The second-order valence-electron chi connectivity index (χ2n) is 7.83. The molecule has 0 unspecified atom stereocenters. The van der Waals surface area contributed by atoms with E-state index in [9.17, 15) is 18.0 Å². The number of nitrogens with zero attached hydrogens (tertiary/aromatic N) is 1. The van der Waals surface area contributed by atoms with Crippen molar-refractivity contribution < 1.29 is 13.2 Å². The highest BCUT2D eigenvalue weighted by Gasteiger charge is 2.39. The molecule has 6 nitrogen and oxygen atoms in total. The molecule has 0 saturated carbocycles. The molecule has 1 aromatic carbocycles. The van der Waals surface area contributed by atoms with E-state index in [1.807, 2.05) is 13.8 Å². The van der Waals surface area contributed by atoms with Gasteiger partial charge in [-0.05, 0) is 55.4 Å². The topological polar surface area (TPSA) is 89.0 Å². The van der Waals surface area contributed by atoms with Gasteiger partial charge in [-0.1, -0.05) is 13.8 Å². The molecular formula is C19H24N2O4S. The summed E-state index contributed by atoms with van der Waals surface area (Å²) in [4.78, 5) is 25.8. The molecule has 26 heavy (non-hydrogen) atoms. The lowest BCUT2D eigenvalue weighted by molar-refractivity contribution is 0.103. The van der Waals surface area contributed by atoms with E-state index < -0.39 is 9.84 Å². The van der Waals surface area contributed by atoms with Crippen LogP contribution < -0.4 is 5.56 Å². The Hall–Kier alpha value is -2.15. The largest absolute Gasteiger partial charge is 0.299 e. The van der Waals surface area contributed by atoms with Crippen LogP contribution in [0.3, 0.4) is 0 Å². The average Bonchev–Trinajstić information content (AvgIpc) is 2.78. The van der Waals surface area contributed by atoms with Crippen LogP contribution in [-0.2, 0) is 22.3 Å². The highest BCUT2D eigenvalue weighted by atomic mass is 32.2. The first-order chi connectivity index (χ1) is 11.9. The minimum absolute atomic E-state index is 0.103. The smallest absolute Gasteiger partial charge is 0.277 e. The van der Waals surface area contributed by atoms with Crippen molar-refractivity contribution in [2.75, 3.05) is 5.75 Å². The van der Waals surface area contributed by atoms with Gasteiger partial charge in [-0.2, -0.15) is 0 Å². The third-order valence-electron chi connectivity index (χ3n) is 5.41. The Labute approximate surface area is 153 Å². The second-order valence-corrected chi connectivity index (χ2v) is 9.87. The van der Waals surface area contributed by atoms with Gasteiger partial charge in [0, 0.05) is 18.3 Å². The Morgan fingerprint density at radius 3 is 2.38 bits per heavy atom. The summed E-state index contributed by atoms with van der Waals surface area (Å²) in [6.07, 6.45) is 0.505. The zero-order chi connectivity index (χ0) is 19.6. The summed E-state index contributed by atoms with van der Waals surface area (Å²) in [6.45, 7) is 9.18. The molecule has 0 amide bonds. The average molecular weight is 376 g/mol. The van der Waals surface area contributed by atoms with E-state index in [2.05, 4.69) is 5.10 Å². The summed E-state index contributed by atoms with van der Waals surface area (Å²) in [5.41, 5.74) is 2.18. The number of aromatic amines is 1. The van der Waals surface area contributed by atoms with Crippen LogP contribution in [-0.4, -0.2) is 29.7 Å². The van der Waals surface area contributed by atoms with E-state index in [0.29, 0.717) is 39.3 Å². The summed E-state index contributed by atoms with van der Waals surface area (Å²) in [6, 6.07) is 1.61. The van der Waals surface area contributed by atoms with Gasteiger partial charge >= 0.3 is 0 Å². The summed E-state index contributed by atoms with van der Waals surface area (Å²) in [7, 11) is -1.81. The highest BCUT2D eigenvalue weighted by molar-refractivity contribution is 7.91. The molecule has 0 saturated heterocycles. The fourth-order valence-corrected chi connectivity index (χ4v) is 6.32. The first-order valence-electron chi connectivity index (χ1n) is 8.56. The van der Waals surface area contributed by atoms with Crippen molar-refractivity contribution in [3.63, 3.8) is 0 Å². The molecule has 0 atom stereocenters. The Kier molecular flexibility index (Phi) is 4.07. The molecule has 140 valence electrons. The maximum absolute atomic E-state index is 13.1. The summed E-state index contributed by atoms with van der Waals surface area (Å²) >= 11 is 0. The third-order valence-corrected chi connectivity index (χ3v) is 7.30. The van der Waals surface area contributed by atoms with Gasteiger partial charge in [0.15, 0.2) is 9.84 Å². The van der Waals surface area contributed by atoms with E-state index in [1.54, 1.807) is 33.9 Å². The van der Waals surface area contributed by atoms with E-state index in [4.69, 9.17) is 0 Å². The third kappa shape index (κ3) is 2.57. The van der Waals surface area contributed by atoms with Gasteiger partial charge in [-0.25, -0.2) is 8.42 Å². The van der Waals surface area contributed by atoms with Gasteiger partial charge in [0.2, 0.25) is 5.78 Å². The second kappa shape index (κ2) is 5.67. The quantitative estimate of drug-likeness (QED) is 0.815. The van der Waals surface area contributed by atoms with Crippen LogP contribution in [0.2, 0.25) is 0 Å². The van der Waals surface area contributed by atoms with Crippen LogP contribution in [0.4, 0.5) is 0 Å². The molecule has 3 rings (SSSR count). The number of fused-ring (bicyclic) bond motifs is 1.